The van der Waals surface area contributed by atoms with E-state index in [9.17, 15) is 4.79 Å². The number of carbonyl (C=O) groups is 1. The molecule has 2 rings (SSSR count). The molecule has 0 heterocycles. The molecule has 0 radical (unpaired) electrons. The lowest BCUT2D eigenvalue weighted by Gasteiger charge is -2.09. The van der Waals surface area contributed by atoms with Gasteiger partial charge in [0.1, 0.15) is 12.0 Å². The highest BCUT2D eigenvalue weighted by Crippen LogP contribution is 2.31. The molecule has 0 fully saturated rings. The van der Waals surface area contributed by atoms with E-state index in [0.717, 1.165) is 23.2 Å². The second-order valence-electron chi connectivity index (χ2n) is 3.70. The molecule has 0 amide bonds. The number of carbonyl (C=O) groups excluding carboxylic acids is 1. The highest BCUT2D eigenvalue weighted by molar-refractivity contribution is 5.79. The first kappa shape index (κ1) is 11.2. The summed E-state index contributed by atoms with van der Waals surface area (Å²) in [6.07, 6.45) is 0.820. The fourth-order valence-corrected chi connectivity index (χ4v) is 1.69. The van der Waals surface area contributed by atoms with E-state index in [-0.39, 0.29) is 0 Å². The van der Waals surface area contributed by atoms with Gasteiger partial charge in [-0.2, -0.15) is 0 Å². The van der Waals surface area contributed by atoms with Crippen molar-refractivity contribution in [1.82, 2.24) is 0 Å². The van der Waals surface area contributed by atoms with Crippen molar-refractivity contribution in [2.75, 3.05) is 12.8 Å². The maximum Gasteiger partial charge on any atom is 0.150 e. The number of ether oxygens (including phenoxy) is 1. The second-order valence-corrected chi connectivity index (χ2v) is 3.70. The Morgan fingerprint density at radius 2 is 1.82 bits per heavy atom. The average molecular weight is 227 g/mol. The van der Waals surface area contributed by atoms with Crippen LogP contribution in [0.3, 0.4) is 0 Å². The highest BCUT2D eigenvalue weighted by atomic mass is 16.5. The van der Waals surface area contributed by atoms with Crippen LogP contribution in [0.25, 0.3) is 11.1 Å². The molecular formula is C14H13NO2. The number of hydrogen-bond acceptors (Lipinski definition) is 3. The van der Waals surface area contributed by atoms with Gasteiger partial charge in [-0.05, 0) is 23.8 Å². The molecule has 2 N–H and O–H groups in total. The Hall–Kier alpha value is -2.29. The summed E-state index contributed by atoms with van der Waals surface area (Å²) in [7, 11) is 1.62. The minimum absolute atomic E-state index is 0.650. The average Bonchev–Trinajstić information content (AvgIpc) is 2.39. The third-order valence-corrected chi connectivity index (χ3v) is 2.58. The number of nitrogen functional groups attached to an aromatic ring is 1. The van der Waals surface area contributed by atoms with Crippen LogP contribution in [0.1, 0.15) is 10.4 Å². The van der Waals surface area contributed by atoms with E-state index in [1.165, 1.54) is 0 Å². The van der Waals surface area contributed by atoms with Crippen molar-refractivity contribution in [3.63, 3.8) is 0 Å². The molecule has 3 nitrogen and oxygen atoms in total. The molecule has 86 valence electrons. The van der Waals surface area contributed by atoms with Gasteiger partial charge in [0.25, 0.3) is 0 Å². The monoisotopic (exact) mass is 227 g/mol. The van der Waals surface area contributed by atoms with Crippen molar-refractivity contribution < 1.29 is 9.53 Å². The summed E-state index contributed by atoms with van der Waals surface area (Å²) >= 11 is 0. The number of aldehydes is 1. The van der Waals surface area contributed by atoms with Crippen LogP contribution in [-0.2, 0) is 0 Å². The molecule has 3 heteroatoms. The summed E-state index contributed by atoms with van der Waals surface area (Å²) in [5, 5.41) is 0. The molecule has 17 heavy (non-hydrogen) atoms. The van der Waals surface area contributed by atoms with Crippen LogP contribution in [0.2, 0.25) is 0 Å². The number of rotatable bonds is 3. The fourth-order valence-electron chi connectivity index (χ4n) is 1.69. The van der Waals surface area contributed by atoms with Gasteiger partial charge in [0.2, 0.25) is 0 Å². The van der Waals surface area contributed by atoms with Crippen molar-refractivity contribution in [3.8, 4) is 16.9 Å². The number of anilines is 1. The maximum atomic E-state index is 10.6. The zero-order valence-corrected chi connectivity index (χ0v) is 9.51. The van der Waals surface area contributed by atoms with Crippen LogP contribution in [0.4, 0.5) is 5.69 Å². The number of methoxy groups -OCH3 is 1. The van der Waals surface area contributed by atoms with Crippen LogP contribution in [0.5, 0.6) is 5.75 Å². The molecule has 0 aliphatic rings. The molecule has 0 aliphatic heterocycles. The summed E-state index contributed by atoms with van der Waals surface area (Å²) in [4.78, 5) is 10.6. The van der Waals surface area contributed by atoms with E-state index in [4.69, 9.17) is 10.5 Å². The molecule has 0 saturated carbocycles. The fraction of sp³-hybridized carbons (Fsp3) is 0.0714. The molecular weight excluding hydrogens is 214 g/mol. The lowest BCUT2D eigenvalue weighted by molar-refractivity contribution is 0.112. The SMILES string of the molecule is COc1ccc(N)cc1-c1ccc(C=O)cc1. The summed E-state index contributed by atoms with van der Waals surface area (Å²) in [5.41, 5.74) is 8.99. The van der Waals surface area contributed by atoms with Gasteiger partial charge in [-0.3, -0.25) is 4.79 Å². The molecule has 2 aromatic rings. The minimum atomic E-state index is 0.650. The Labute approximate surface area is 99.8 Å². The molecule has 0 bridgehead atoms. The number of benzene rings is 2. The summed E-state index contributed by atoms with van der Waals surface area (Å²) in [6.45, 7) is 0. The molecule has 0 aliphatic carbocycles. The van der Waals surface area contributed by atoms with Crippen molar-refractivity contribution in [2.24, 2.45) is 0 Å². The van der Waals surface area contributed by atoms with Gasteiger partial charge in [0, 0.05) is 16.8 Å². The third kappa shape index (κ3) is 2.28. The van der Waals surface area contributed by atoms with Crippen molar-refractivity contribution in [1.29, 1.82) is 0 Å². The summed E-state index contributed by atoms with van der Waals surface area (Å²) < 4.78 is 5.29. The van der Waals surface area contributed by atoms with Crippen molar-refractivity contribution >= 4 is 12.0 Å². The van der Waals surface area contributed by atoms with Crippen LogP contribution in [-0.4, -0.2) is 13.4 Å². The zero-order valence-electron chi connectivity index (χ0n) is 9.51. The van der Waals surface area contributed by atoms with E-state index in [1.54, 1.807) is 25.3 Å². The Morgan fingerprint density at radius 3 is 2.41 bits per heavy atom. The first-order valence-electron chi connectivity index (χ1n) is 5.23. The normalized spacial score (nSPS) is 9.94. The Balaban J connectivity index is 2.50. The molecule has 2 aromatic carbocycles. The lowest BCUT2D eigenvalue weighted by Crippen LogP contribution is -1.91. The predicted molar refractivity (Wildman–Crippen MR) is 68.2 cm³/mol. The van der Waals surface area contributed by atoms with Crippen LogP contribution in [0.15, 0.2) is 42.5 Å². The van der Waals surface area contributed by atoms with Gasteiger partial charge in [-0.15, -0.1) is 0 Å². The van der Waals surface area contributed by atoms with Gasteiger partial charge >= 0.3 is 0 Å². The Bertz CT molecular complexity index is 532. The molecule has 0 spiro atoms. The number of hydrogen-bond donors (Lipinski definition) is 1. The van der Waals surface area contributed by atoms with Crippen LogP contribution in [0, 0.1) is 0 Å². The first-order chi connectivity index (χ1) is 8.24. The molecule has 0 unspecified atom stereocenters. The van der Waals surface area contributed by atoms with Crippen LogP contribution >= 0.6 is 0 Å². The smallest absolute Gasteiger partial charge is 0.150 e. The van der Waals surface area contributed by atoms with E-state index in [1.807, 2.05) is 24.3 Å². The topological polar surface area (TPSA) is 52.3 Å². The largest absolute Gasteiger partial charge is 0.496 e. The van der Waals surface area contributed by atoms with Crippen molar-refractivity contribution in [2.45, 2.75) is 0 Å². The predicted octanol–water partition coefficient (Wildman–Crippen LogP) is 2.76. The van der Waals surface area contributed by atoms with Gasteiger partial charge in [-0.25, -0.2) is 0 Å². The van der Waals surface area contributed by atoms with E-state index >= 15 is 0 Å². The van der Waals surface area contributed by atoms with Gasteiger partial charge in [-0.1, -0.05) is 24.3 Å². The lowest BCUT2D eigenvalue weighted by atomic mass is 10.0. The molecule has 0 aromatic heterocycles. The molecule has 0 atom stereocenters. The van der Waals surface area contributed by atoms with E-state index in [2.05, 4.69) is 0 Å². The van der Waals surface area contributed by atoms with Crippen LogP contribution < -0.4 is 10.5 Å². The van der Waals surface area contributed by atoms with Crippen molar-refractivity contribution in [3.05, 3.63) is 48.0 Å². The third-order valence-electron chi connectivity index (χ3n) is 2.58. The first-order valence-corrected chi connectivity index (χ1v) is 5.23. The summed E-state index contributed by atoms with van der Waals surface area (Å²) in [5.74, 6) is 0.762. The number of nitrogens with two attached hydrogens (primary N) is 1. The standard InChI is InChI=1S/C14H13NO2/c1-17-14-7-6-12(15)8-13(14)11-4-2-10(9-16)3-5-11/h2-9H,15H2,1H3. The minimum Gasteiger partial charge on any atom is -0.496 e. The van der Waals surface area contributed by atoms with Gasteiger partial charge < -0.3 is 10.5 Å². The molecule has 0 saturated heterocycles. The van der Waals surface area contributed by atoms with Gasteiger partial charge in [0.05, 0.1) is 7.11 Å². The van der Waals surface area contributed by atoms with Gasteiger partial charge in [0.15, 0.2) is 0 Å². The second kappa shape index (κ2) is 4.70. The Morgan fingerprint density at radius 1 is 1.12 bits per heavy atom. The highest BCUT2D eigenvalue weighted by Gasteiger charge is 2.06. The van der Waals surface area contributed by atoms with E-state index < -0.39 is 0 Å². The van der Waals surface area contributed by atoms with E-state index in [0.29, 0.717) is 11.3 Å². The maximum absolute atomic E-state index is 10.6. The summed E-state index contributed by atoms with van der Waals surface area (Å²) in [6, 6.07) is 12.8. The zero-order chi connectivity index (χ0) is 12.3. The Kier molecular flexibility index (Phi) is 3.10. The quantitative estimate of drug-likeness (QED) is 0.648.